The van der Waals surface area contributed by atoms with Crippen molar-refractivity contribution in [1.82, 2.24) is 10.2 Å². The smallest absolute Gasteiger partial charge is 0.325 e. The first kappa shape index (κ1) is 15.0. The molecule has 1 aromatic carbocycles. The number of nitrogens with one attached hydrogen (secondary N) is 1. The Balaban J connectivity index is 1.65. The number of nitrogens with zero attached hydrogens (tertiary/aromatic N) is 1. The van der Waals surface area contributed by atoms with Crippen LogP contribution in [0.5, 0.6) is 5.75 Å². The van der Waals surface area contributed by atoms with Crippen LogP contribution < -0.4 is 15.8 Å². The lowest BCUT2D eigenvalue weighted by atomic mass is 9.99. The molecule has 1 aliphatic rings. The predicted molar refractivity (Wildman–Crippen MR) is 82.7 cm³/mol. The second-order valence-corrected chi connectivity index (χ2v) is 5.41. The number of amides is 3. The molecule has 3 rings (SSSR count). The van der Waals surface area contributed by atoms with E-state index in [1.54, 1.807) is 43.3 Å². The number of rotatable bonds is 5. The molecule has 1 unspecified atom stereocenters. The Labute approximate surface area is 133 Å². The summed E-state index contributed by atoms with van der Waals surface area (Å²) in [5.74, 6) is 0.620. The summed E-state index contributed by atoms with van der Waals surface area (Å²) >= 11 is 0. The van der Waals surface area contributed by atoms with E-state index in [2.05, 4.69) is 5.32 Å². The second kappa shape index (κ2) is 5.68. The third kappa shape index (κ3) is 2.73. The molecule has 3 amide bonds. The van der Waals surface area contributed by atoms with Crippen LogP contribution in [-0.2, 0) is 10.3 Å². The van der Waals surface area contributed by atoms with Gasteiger partial charge in [-0.05, 0) is 31.2 Å². The van der Waals surface area contributed by atoms with Crippen LogP contribution in [0, 0.1) is 0 Å². The number of imide groups is 1. The molecule has 1 fully saturated rings. The van der Waals surface area contributed by atoms with Gasteiger partial charge in [0.2, 0.25) is 0 Å². The summed E-state index contributed by atoms with van der Waals surface area (Å²) in [6.45, 7) is 1.93. The molecule has 7 heteroatoms. The molecule has 1 aromatic heterocycles. The number of hydrogen-bond acceptors (Lipinski definition) is 5. The number of ether oxygens (including phenoxy) is 1. The SMILES string of the molecule is CC1(c2ccco2)NC(=O)N(CCOc2cccc(N)c2)C1=O. The van der Waals surface area contributed by atoms with Gasteiger partial charge >= 0.3 is 6.03 Å². The Morgan fingerprint density at radius 1 is 1.30 bits per heavy atom. The van der Waals surface area contributed by atoms with Crippen molar-refractivity contribution >= 4 is 17.6 Å². The normalized spacial score (nSPS) is 20.7. The summed E-state index contributed by atoms with van der Waals surface area (Å²) in [6, 6.07) is 9.82. The molecule has 0 spiro atoms. The van der Waals surface area contributed by atoms with E-state index >= 15 is 0 Å². The predicted octanol–water partition coefficient (Wildman–Crippen LogP) is 1.71. The van der Waals surface area contributed by atoms with Gasteiger partial charge in [-0.15, -0.1) is 0 Å². The van der Waals surface area contributed by atoms with Gasteiger partial charge in [0.15, 0.2) is 5.54 Å². The third-order valence-corrected chi connectivity index (χ3v) is 3.73. The van der Waals surface area contributed by atoms with E-state index in [-0.39, 0.29) is 19.1 Å². The first-order valence-corrected chi connectivity index (χ1v) is 7.17. The molecule has 2 heterocycles. The van der Waals surface area contributed by atoms with Crippen LogP contribution >= 0.6 is 0 Å². The molecule has 0 bridgehead atoms. The summed E-state index contributed by atoms with van der Waals surface area (Å²) < 4.78 is 10.8. The van der Waals surface area contributed by atoms with E-state index in [4.69, 9.17) is 14.9 Å². The van der Waals surface area contributed by atoms with Crippen LogP contribution in [0.15, 0.2) is 47.1 Å². The van der Waals surface area contributed by atoms with Crippen molar-refractivity contribution in [2.24, 2.45) is 0 Å². The molecule has 23 heavy (non-hydrogen) atoms. The fraction of sp³-hybridized carbons (Fsp3) is 0.250. The van der Waals surface area contributed by atoms with Crippen molar-refractivity contribution in [3.63, 3.8) is 0 Å². The maximum atomic E-state index is 12.5. The van der Waals surface area contributed by atoms with Gasteiger partial charge < -0.3 is 20.2 Å². The standard InChI is InChI=1S/C16H17N3O4/c1-16(13-6-3-8-23-13)14(20)19(15(21)18-16)7-9-22-12-5-2-4-11(17)10-12/h2-6,8,10H,7,9,17H2,1H3,(H,18,21). The highest BCUT2D eigenvalue weighted by atomic mass is 16.5. The second-order valence-electron chi connectivity index (χ2n) is 5.41. The number of urea groups is 1. The van der Waals surface area contributed by atoms with Gasteiger partial charge in [-0.1, -0.05) is 6.07 Å². The summed E-state index contributed by atoms with van der Waals surface area (Å²) in [5, 5.41) is 2.66. The first-order valence-electron chi connectivity index (χ1n) is 7.17. The zero-order valence-electron chi connectivity index (χ0n) is 12.6. The quantitative estimate of drug-likeness (QED) is 0.646. The monoisotopic (exact) mass is 315 g/mol. The van der Waals surface area contributed by atoms with E-state index < -0.39 is 11.6 Å². The minimum Gasteiger partial charge on any atom is -0.492 e. The lowest BCUT2D eigenvalue weighted by Gasteiger charge is -2.19. The Kier molecular flexibility index (Phi) is 3.69. The molecule has 0 aliphatic carbocycles. The van der Waals surface area contributed by atoms with Crippen molar-refractivity contribution in [3.05, 3.63) is 48.4 Å². The van der Waals surface area contributed by atoms with Crippen LogP contribution in [0.25, 0.3) is 0 Å². The fourth-order valence-electron chi connectivity index (χ4n) is 2.49. The number of carbonyl (C=O) groups is 2. The van der Waals surface area contributed by atoms with Gasteiger partial charge in [0.05, 0.1) is 12.8 Å². The molecule has 1 saturated heterocycles. The van der Waals surface area contributed by atoms with Gasteiger partial charge in [0, 0.05) is 11.8 Å². The lowest BCUT2D eigenvalue weighted by molar-refractivity contribution is -0.131. The molecule has 120 valence electrons. The third-order valence-electron chi connectivity index (χ3n) is 3.73. The number of anilines is 1. The summed E-state index contributed by atoms with van der Waals surface area (Å²) in [4.78, 5) is 25.7. The van der Waals surface area contributed by atoms with E-state index in [1.165, 1.54) is 6.26 Å². The van der Waals surface area contributed by atoms with Crippen LogP contribution in [0.1, 0.15) is 12.7 Å². The summed E-state index contributed by atoms with van der Waals surface area (Å²) in [6.07, 6.45) is 1.46. The van der Waals surface area contributed by atoms with Crippen molar-refractivity contribution in [2.75, 3.05) is 18.9 Å². The van der Waals surface area contributed by atoms with Crippen molar-refractivity contribution in [2.45, 2.75) is 12.5 Å². The van der Waals surface area contributed by atoms with Crippen LogP contribution in [0.3, 0.4) is 0 Å². The minimum absolute atomic E-state index is 0.135. The Morgan fingerprint density at radius 3 is 2.83 bits per heavy atom. The van der Waals surface area contributed by atoms with Crippen molar-refractivity contribution in [1.29, 1.82) is 0 Å². The Morgan fingerprint density at radius 2 is 2.13 bits per heavy atom. The molecule has 2 aromatic rings. The molecular formula is C16H17N3O4. The highest BCUT2D eigenvalue weighted by Gasteiger charge is 2.50. The summed E-state index contributed by atoms with van der Waals surface area (Å²) in [5.41, 5.74) is 5.07. The van der Waals surface area contributed by atoms with Crippen LogP contribution in [0.2, 0.25) is 0 Å². The number of nitrogen functional groups attached to an aromatic ring is 1. The van der Waals surface area contributed by atoms with Gasteiger partial charge in [-0.25, -0.2) is 4.79 Å². The Hall–Kier alpha value is -2.96. The van der Waals surface area contributed by atoms with Crippen LogP contribution in [-0.4, -0.2) is 30.0 Å². The van der Waals surface area contributed by atoms with Gasteiger partial charge in [-0.3, -0.25) is 9.69 Å². The average molecular weight is 315 g/mol. The topological polar surface area (TPSA) is 97.8 Å². The van der Waals surface area contributed by atoms with Crippen molar-refractivity contribution < 1.29 is 18.7 Å². The highest BCUT2D eigenvalue weighted by Crippen LogP contribution is 2.28. The van der Waals surface area contributed by atoms with Gasteiger partial charge in [-0.2, -0.15) is 0 Å². The first-order chi connectivity index (χ1) is 11.0. The zero-order chi connectivity index (χ0) is 16.4. The number of furan rings is 1. The van der Waals surface area contributed by atoms with E-state index in [0.29, 0.717) is 17.2 Å². The van der Waals surface area contributed by atoms with Gasteiger partial charge in [0.25, 0.3) is 5.91 Å². The lowest BCUT2D eigenvalue weighted by Crippen LogP contribution is -2.41. The highest BCUT2D eigenvalue weighted by molar-refractivity contribution is 6.06. The molecule has 1 atom stereocenters. The number of hydrogen-bond donors (Lipinski definition) is 2. The van der Waals surface area contributed by atoms with Crippen LogP contribution in [0.4, 0.5) is 10.5 Å². The molecule has 7 nitrogen and oxygen atoms in total. The number of benzene rings is 1. The minimum atomic E-state index is -1.18. The van der Waals surface area contributed by atoms with E-state index in [9.17, 15) is 9.59 Å². The van der Waals surface area contributed by atoms with Gasteiger partial charge in [0.1, 0.15) is 18.1 Å². The summed E-state index contributed by atoms with van der Waals surface area (Å²) in [7, 11) is 0. The molecular weight excluding hydrogens is 298 g/mol. The largest absolute Gasteiger partial charge is 0.492 e. The maximum Gasteiger partial charge on any atom is 0.325 e. The molecule has 3 N–H and O–H groups in total. The van der Waals surface area contributed by atoms with Crippen molar-refractivity contribution in [3.8, 4) is 5.75 Å². The van der Waals surface area contributed by atoms with E-state index in [0.717, 1.165) is 4.90 Å². The number of nitrogens with two attached hydrogens (primary N) is 1. The molecule has 0 radical (unpaired) electrons. The maximum absolute atomic E-state index is 12.5. The molecule has 0 saturated carbocycles. The molecule has 1 aliphatic heterocycles. The fourth-order valence-corrected chi connectivity index (χ4v) is 2.49. The average Bonchev–Trinajstić information content (AvgIpc) is 3.11. The van der Waals surface area contributed by atoms with E-state index in [1.807, 2.05) is 0 Å². The Bertz CT molecular complexity index is 729. The number of carbonyl (C=O) groups excluding carboxylic acids is 2. The zero-order valence-corrected chi connectivity index (χ0v) is 12.6.